The predicted molar refractivity (Wildman–Crippen MR) is 130 cm³/mol. The molecule has 4 N–H and O–H groups in total. The van der Waals surface area contributed by atoms with Crippen LogP contribution in [0.3, 0.4) is 0 Å². The summed E-state index contributed by atoms with van der Waals surface area (Å²) in [5.74, 6) is -0.0635. The second-order valence-electron chi connectivity index (χ2n) is 7.49. The van der Waals surface area contributed by atoms with Crippen LogP contribution in [0.15, 0.2) is 59.5 Å². The fourth-order valence-electron chi connectivity index (χ4n) is 3.47. The summed E-state index contributed by atoms with van der Waals surface area (Å²) in [5.41, 5.74) is 10.2. The molecule has 2 aromatic carbocycles. The van der Waals surface area contributed by atoms with Crippen molar-refractivity contribution in [1.29, 1.82) is 0 Å². The Morgan fingerprint density at radius 2 is 1.79 bits per heavy atom. The Bertz CT molecular complexity index is 1440. The van der Waals surface area contributed by atoms with Gasteiger partial charge in [-0.1, -0.05) is 53.8 Å². The van der Waals surface area contributed by atoms with Crippen LogP contribution in [-0.4, -0.2) is 35.8 Å². The lowest BCUT2D eigenvalue weighted by molar-refractivity contribution is 0.0531. The van der Waals surface area contributed by atoms with E-state index in [4.69, 9.17) is 20.7 Å². The maximum Gasteiger partial charge on any atom is 0.350 e. The summed E-state index contributed by atoms with van der Waals surface area (Å²) in [6.07, 6.45) is 0.399. The normalized spacial score (nSPS) is 11.5. The fraction of sp³-hybridized carbons (Fsp3) is 0.174. The highest BCUT2D eigenvalue weighted by atomic mass is 32.2. The van der Waals surface area contributed by atoms with E-state index >= 15 is 0 Å². The lowest BCUT2D eigenvalue weighted by Gasteiger charge is -2.06. The topological polar surface area (TPSA) is 143 Å². The SMILES string of the molecule is CCOC(=O)c1sc(-n2nc(-c3ccccc3)c(Cc3ccc(S(N)(=O)=O)cc3)c2N)nc1C. The number of rotatable bonds is 7. The van der Waals surface area contributed by atoms with E-state index in [1.807, 2.05) is 30.3 Å². The minimum absolute atomic E-state index is 0.0351. The number of carbonyl (C=O) groups excluding carboxylic acids is 1. The standard InChI is InChI=1S/C23H23N5O4S2/c1-3-32-22(29)20-14(2)26-23(33-20)28-21(24)18(19(27-28)16-7-5-4-6-8-16)13-15-9-11-17(12-10-15)34(25,30)31/h4-12H,3,13,24H2,1-2H3,(H2,25,30,31). The first-order valence-electron chi connectivity index (χ1n) is 10.4. The molecule has 0 aliphatic heterocycles. The zero-order chi connectivity index (χ0) is 24.5. The van der Waals surface area contributed by atoms with E-state index in [0.29, 0.717) is 33.6 Å². The van der Waals surface area contributed by atoms with Crippen LogP contribution < -0.4 is 10.9 Å². The summed E-state index contributed by atoms with van der Waals surface area (Å²) in [7, 11) is -3.78. The quantitative estimate of drug-likeness (QED) is 0.373. The Hall–Kier alpha value is -3.54. The van der Waals surface area contributed by atoms with Gasteiger partial charge in [0, 0.05) is 17.5 Å². The molecule has 0 unspecified atom stereocenters. The number of primary sulfonamides is 1. The molecule has 0 bridgehead atoms. The number of nitrogens with zero attached hydrogens (tertiary/aromatic N) is 3. The van der Waals surface area contributed by atoms with Gasteiger partial charge in [-0.3, -0.25) is 0 Å². The highest BCUT2D eigenvalue weighted by Gasteiger charge is 2.23. The van der Waals surface area contributed by atoms with E-state index in [1.165, 1.54) is 16.8 Å². The number of benzene rings is 2. The molecule has 4 rings (SSSR count). The molecule has 9 nitrogen and oxygen atoms in total. The number of nitrogens with two attached hydrogens (primary N) is 2. The van der Waals surface area contributed by atoms with Gasteiger partial charge < -0.3 is 10.5 Å². The summed E-state index contributed by atoms with van der Waals surface area (Å²) in [6, 6.07) is 15.9. The van der Waals surface area contributed by atoms with Crippen molar-refractivity contribution in [2.75, 3.05) is 12.3 Å². The van der Waals surface area contributed by atoms with Crippen molar-refractivity contribution in [1.82, 2.24) is 14.8 Å². The molecular weight excluding hydrogens is 474 g/mol. The molecule has 0 amide bonds. The minimum Gasteiger partial charge on any atom is -0.462 e. The number of thiazole rings is 1. The van der Waals surface area contributed by atoms with Crippen molar-refractivity contribution < 1.29 is 17.9 Å². The van der Waals surface area contributed by atoms with Crippen molar-refractivity contribution in [2.24, 2.45) is 5.14 Å². The summed E-state index contributed by atoms with van der Waals surface area (Å²) in [4.78, 5) is 17.2. The number of hydrogen-bond acceptors (Lipinski definition) is 8. The van der Waals surface area contributed by atoms with Gasteiger partial charge in [0.1, 0.15) is 10.7 Å². The summed E-state index contributed by atoms with van der Waals surface area (Å²) < 4.78 is 29.8. The van der Waals surface area contributed by atoms with E-state index in [-0.39, 0.29) is 11.5 Å². The lowest BCUT2D eigenvalue weighted by Crippen LogP contribution is -2.11. The Balaban J connectivity index is 1.79. The third-order valence-electron chi connectivity index (χ3n) is 5.13. The molecule has 2 aromatic heterocycles. The number of esters is 1. The summed E-state index contributed by atoms with van der Waals surface area (Å²) >= 11 is 1.16. The van der Waals surface area contributed by atoms with Gasteiger partial charge in [-0.2, -0.15) is 9.78 Å². The molecule has 0 spiro atoms. The second-order valence-corrected chi connectivity index (χ2v) is 10.0. The van der Waals surface area contributed by atoms with E-state index in [9.17, 15) is 13.2 Å². The van der Waals surface area contributed by atoms with Crippen LogP contribution in [0.1, 0.15) is 33.4 Å². The molecule has 176 valence electrons. The van der Waals surface area contributed by atoms with Crippen LogP contribution in [0, 0.1) is 6.92 Å². The zero-order valence-corrected chi connectivity index (χ0v) is 20.2. The molecular formula is C23H23N5O4S2. The first-order valence-corrected chi connectivity index (χ1v) is 12.7. The van der Waals surface area contributed by atoms with Crippen molar-refractivity contribution in [3.05, 3.63) is 76.3 Å². The van der Waals surface area contributed by atoms with Crippen LogP contribution in [-0.2, 0) is 21.2 Å². The summed E-state index contributed by atoms with van der Waals surface area (Å²) in [5, 5.41) is 10.4. The number of ether oxygens (including phenoxy) is 1. The predicted octanol–water partition coefficient (Wildman–Crippen LogP) is 3.30. The van der Waals surface area contributed by atoms with E-state index in [2.05, 4.69) is 4.98 Å². The van der Waals surface area contributed by atoms with Crippen molar-refractivity contribution in [2.45, 2.75) is 25.2 Å². The maximum absolute atomic E-state index is 12.3. The Kier molecular flexibility index (Phi) is 6.51. The van der Waals surface area contributed by atoms with Crippen molar-refractivity contribution in [3.8, 4) is 16.4 Å². The average Bonchev–Trinajstić information content (AvgIpc) is 3.34. The van der Waals surface area contributed by atoms with Crippen molar-refractivity contribution in [3.63, 3.8) is 0 Å². The highest BCUT2D eigenvalue weighted by molar-refractivity contribution is 7.89. The first-order chi connectivity index (χ1) is 16.2. The van der Waals surface area contributed by atoms with Crippen LogP contribution in [0.4, 0.5) is 5.82 Å². The van der Waals surface area contributed by atoms with Gasteiger partial charge in [0.05, 0.1) is 22.9 Å². The van der Waals surface area contributed by atoms with E-state index in [0.717, 1.165) is 28.0 Å². The Morgan fingerprint density at radius 3 is 2.41 bits per heavy atom. The van der Waals surface area contributed by atoms with Gasteiger partial charge in [-0.15, -0.1) is 0 Å². The lowest BCUT2D eigenvalue weighted by atomic mass is 10.0. The Labute approximate surface area is 201 Å². The number of aryl methyl sites for hydroxylation is 1. The van der Waals surface area contributed by atoms with Gasteiger partial charge in [-0.25, -0.2) is 23.3 Å². The molecule has 0 aliphatic carbocycles. The van der Waals surface area contributed by atoms with Crippen molar-refractivity contribution >= 4 is 33.1 Å². The van der Waals surface area contributed by atoms with Crippen LogP contribution >= 0.6 is 11.3 Å². The second kappa shape index (κ2) is 9.37. The number of aromatic nitrogens is 3. The third kappa shape index (κ3) is 4.72. The first kappa shape index (κ1) is 23.6. The third-order valence-corrected chi connectivity index (χ3v) is 7.17. The smallest absolute Gasteiger partial charge is 0.350 e. The van der Waals surface area contributed by atoms with E-state index < -0.39 is 16.0 Å². The minimum atomic E-state index is -3.78. The molecule has 2 heterocycles. The van der Waals surface area contributed by atoms with Gasteiger partial charge in [-0.05, 0) is 31.5 Å². The number of sulfonamides is 1. The molecule has 0 atom stereocenters. The van der Waals surface area contributed by atoms with E-state index in [1.54, 1.807) is 26.0 Å². The number of anilines is 1. The highest BCUT2D eigenvalue weighted by Crippen LogP contribution is 2.33. The van der Waals surface area contributed by atoms with Crippen LogP contribution in [0.25, 0.3) is 16.4 Å². The largest absolute Gasteiger partial charge is 0.462 e. The van der Waals surface area contributed by atoms with Gasteiger partial charge >= 0.3 is 5.97 Å². The Morgan fingerprint density at radius 1 is 1.12 bits per heavy atom. The van der Waals surface area contributed by atoms with Crippen LogP contribution in [0.5, 0.6) is 0 Å². The summed E-state index contributed by atoms with van der Waals surface area (Å²) in [6.45, 7) is 3.74. The number of carbonyl (C=O) groups is 1. The fourth-order valence-corrected chi connectivity index (χ4v) is 4.91. The monoisotopic (exact) mass is 497 g/mol. The van der Waals surface area contributed by atoms with Gasteiger partial charge in [0.25, 0.3) is 0 Å². The maximum atomic E-state index is 12.3. The molecule has 4 aromatic rings. The average molecular weight is 498 g/mol. The van der Waals surface area contributed by atoms with Gasteiger partial charge in [0.2, 0.25) is 15.2 Å². The van der Waals surface area contributed by atoms with Gasteiger partial charge in [0.15, 0.2) is 0 Å². The number of nitrogen functional groups attached to an aromatic ring is 1. The molecule has 34 heavy (non-hydrogen) atoms. The molecule has 0 radical (unpaired) electrons. The molecule has 0 fully saturated rings. The molecule has 0 saturated heterocycles. The zero-order valence-electron chi connectivity index (χ0n) is 18.6. The number of hydrogen-bond donors (Lipinski definition) is 2. The molecule has 11 heteroatoms. The molecule has 0 aliphatic rings. The van der Waals surface area contributed by atoms with Crippen LogP contribution in [0.2, 0.25) is 0 Å². The molecule has 0 saturated carbocycles.